The number of rotatable bonds is 8. The number of benzene rings is 2. The summed E-state index contributed by atoms with van der Waals surface area (Å²) in [6.45, 7) is 0. The largest absolute Gasteiger partial charge is 0.494 e. The van der Waals surface area contributed by atoms with Crippen LogP contribution >= 0.6 is 11.8 Å². The van der Waals surface area contributed by atoms with E-state index in [1.54, 1.807) is 54.3 Å². The first-order valence-electron chi connectivity index (χ1n) is 10.2. The Kier molecular flexibility index (Phi) is 6.93. The zero-order valence-electron chi connectivity index (χ0n) is 18.7. The Hall–Kier alpha value is -4.12. The van der Waals surface area contributed by atoms with Crippen LogP contribution in [0, 0.1) is 0 Å². The molecule has 0 saturated heterocycles. The average Bonchev–Trinajstić information content (AvgIpc) is 3.25. The maximum absolute atomic E-state index is 12.7. The molecule has 0 unspecified atom stereocenters. The van der Waals surface area contributed by atoms with E-state index in [1.165, 1.54) is 32.3 Å². The number of nitrogens with one attached hydrogen (secondary N) is 2. The first-order valence-corrected chi connectivity index (χ1v) is 11.2. The van der Waals surface area contributed by atoms with Crippen LogP contribution in [0.4, 0.5) is 11.4 Å². The third kappa shape index (κ3) is 4.94. The Bertz CT molecular complexity index is 1340. The normalized spacial score (nSPS) is 10.7. The van der Waals surface area contributed by atoms with Gasteiger partial charge in [-0.05, 0) is 12.1 Å². The van der Waals surface area contributed by atoms with Crippen LogP contribution in [-0.4, -0.2) is 51.5 Å². The highest BCUT2D eigenvalue weighted by atomic mass is 32.2. The zero-order valence-corrected chi connectivity index (χ0v) is 19.5. The minimum atomic E-state index is -0.291. The van der Waals surface area contributed by atoms with Crippen LogP contribution in [0.25, 0.3) is 11.0 Å². The number of methoxy groups -OCH3 is 2. The molecule has 174 valence electrons. The Balaban J connectivity index is 1.48. The van der Waals surface area contributed by atoms with Gasteiger partial charge in [0.2, 0.25) is 5.91 Å². The molecule has 11 heteroatoms. The predicted molar refractivity (Wildman–Crippen MR) is 130 cm³/mol. The van der Waals surface area contributed by atoms with Crippen LogP contribution in [-0.2, 0) is 11.8 Å². The topological polar surface area (TPSA) is 120 Å². The fourth-order valence-electron chi connectivity index (χ4n) is 3.25. The molecule has 2 aromatic carbocycles. The quantitative estimate of drug-likeness (QED) is 0.292. The van der Waals surface area contributed by atoms with E-state index in [4.69, 9.17) is 9.47 Å². The van der Waals surface area contributed by atoms with Gasteiger partial charge in [0.25, 0.3) is 5.91 Å². The molecule has 0 spiro atoms. The van der Waals surface area contributed by atoms with Crippen molar-refractivity contribution in [1.82, 2.24) is 19.7 Å². The Morgan fingerprint density at radius 2 is 1.68 bits per heavy atom. The molecule has 0 aliphatic heterocycles. The van der Waals surface area contributed by atoms with Crippen molar-refractivity contribution in [3.05, 3.63) is 60.6 Å². The molecule has 0 radical (unpaired) electrons. The highest BCUT2D eigenvalue weighted by molar-refractivity contribution is 8.00. The number of hydrogen-bond donors (Lipinski definition) is 2. The smallest absolute Gasteiger partial charge is 0.255 e. The number of carbonyl (C=O) groups is 2. The van der Waals surface area contributed by atoms with E-state index in [9.17, 15) is 9.59 Å². The summed E-state index contributed by atoms with van der Waals surface area (Å²) >= 11 is 1.28. The van der Waals surface area contributed by atoms with Crippen molar-refractivity contribution < 1.29 is 19.1 Å². The lowest BCUT2D eigenvalue weighted by atomic mass is 10.2. The maximum atomic E-state index is 12.7. The van der Waals surface area contributed by atoms with E-state index in [0.717, 1.165) is 5.39 Å². The van der Waals surface area contributed by atoms with Gasteiger partial charge in [0.1, 0.15) is 22.9 Å². The number of amides is 2. The summed E-state index contributed by atoms with van der Waals surface area (Å²) in [5.41, 5.74) is 2.03. The van der Waals surface area contributed by atoms with Gasteiger partial charge in [-0.25, -0.2) is 9.97 Å². The summed E-state index contributed by atoms with van der Waals surface area (Å²) < 4.78 is 12.5. The van der Waals surface area contributed by atoms with Crippen LogP contribution in [0.3, 0.4) is 0 Å². The summed E-state index contributed by atoms with van der Waals surface area (Å²) in [6.07, 6.45) is 3.12. The molecule has 10 nitrogen and oxygen atoms in total. The molecular formula is C23H22N6O4S. The van der Waals surface area contributed by atoms with Gasteiger partial charge in [0, 0.05) is 24.7 Å². The summed E-state index contributed by atoms with van der Waals surface area (Å²) in [6, 6.07) is 12.0. The third-order valence-electron chi connectivity index (χ3n) is 4.91. The predicted octanol–water partition coefficient (Wildman–Crippen LogP) is 3.36. The lowest BCUT2D eigenvalue weighted by molar-refractivity contribution is -0.113. The van der Waals surface area contributed by atoms with E-state index >= 15 is 0 Å². The fraction of sp³-hybridized carbons (Fsp3) is 0.174. The average molecular weight is 479 g/mol. The van der Waals surface area contributed by atoms with E-state index in [1.807, 2.05) is 6.07 Å². The molecule has 34 heavy (non-hydrogen) atoms. The zero-order chi connectivity index (χ0) is 24.1. The number of carbonyl (C=O) groups excluding carboxylic acids is 2. The second kappa shape index (κ2) is 10.2. The molecule has 2 amide bonds. The van der Waals surface area contributed by atoms with Crippen molar-refractivity contribution in [2.24, 2.45) is 7.05 Å². The van der Waals surface area contributed by atoms with Crippen molar-refractivity contribution >= 4 is 46.0 Å². The van der Waals surface area contributed by atoms with Crippen molar-refractivity contribution in [1.29, 1.82) is 0 Å². The molecule has 2 heterocycles. The van der Waals surface area contributed by atoms with Gasteiger partial charge in [0.15, 0.2) is 5.65 Å². The van der Waals surface area contributed by atoms with Gasteiger partial charge in [-0.3, -0.25) is 14.3 Å². The summed E-state index contributed by atoms with van der Waals surface area (Å²) in [5.74, 6) is 0.307. The van der Waals surface area contributed by atoms with Crippen molar-refractivity contribution in [3.63, 3.8) is 0 Å². The van der Waals surface area contributed by atoms with Gasteiger partial charge in [0.05, 0.1) is 42.9 Å². The van der Waals surface area contributed by atoms with E-state index in [-0.39, 0.29) is 17.6 Å². The van der Waals surface area contributed by atoms with E-state index in [2.05, 4.69) is 25.7 Å². The summed E-state index contributed by atoms with van der Waals surface area (Å²) in [4.78, 5) is 33.7. The minimum Gasteiger partial charge on any atom is -0.494 e. The van der Waals surface area contributed by atoms with Gasteiger partial charge in [-0.2, -0.15) is 5.10 Å². The molecular weight excluding hydrogens is 456 g/mol. The molecule has 0 atom stereocenters. The molecule has 0 aliphatic carbocycles. The number of nitrogens with zero attached hydrogens (tertiary/aromatic N) is 4. The molecule has 4 rings (SSSR count). The summed E-state index contributed by atoms with van der Waals surface area (Å²) in [7, 11) is 4.76. The van der Waals surface area contributed by atoms with Gasteiger partial charge >= 0.3 is 0 Å². The maximum Gasteiger partial charge on any atom is 0.255 e. The molecule has 0 fully saturated rings. The fourth-order valence-corrected chi connectivity index (χ4v) is 4.01. The lowest BCUT2D eigenvalue weighted by Crippen LogP contribution is -2.16. The number of aromatic nitrogens is 4. The highest BCUT2D eigenvalue weighted by Crippen LogP contribution is 2.37. The Morgan fingerprint density at radius 1 is 1.00 bits per heavy atom. The van der Waals surface area contributed by atoms with Crippen LogP contribution in [0.1, 0.15) is 10.4 Å². The Labute approximate surface area is 199 Å². The van der Waals surface area contributed by atoms with E-state index in [0.29, 0.717) is 39.1 Å². The number of thioether (sulfide) groups is 1. The second-order valence-electron chi connectivity index (χ2n) is 7.09. The van der Waals surface area contributed by atoms with E-state index < -0.39 is 0 Å². The molecule has 2 N–H and O–H groups in total. The van der Waals surface area contributed by atoms with Crippen LogP contribution in [0.15, 0.2) is 60.0 Å². The van der Waals surface area contributed by atoms with Crippen LogP contribution in [0.5, 0.6) is 11.5 Å². The summed E-state index contributed by atoms with van der Waals surface area (Å²) in [5, 5.41) is 11.3. The first-order chi connectivity index (χ1) is 16.5. The first kappa shape index (κ1) is 23.1. The molecule has 4 aromatic rings. The van der Waals surface area contributed by atoms with Crippen LogP contribution in [0.2, 0.25) is 0 Å². The van der Waals surface area contributed by atoms with Gasteiger partial charge in [-0.1, -0.05) is 30.0 Å². The van der Waals surface area contributed by atoms with Gasteiger partial charge < -0.3 is 20.1 Å². The van der Waals surface area contributed by atoms with Crippen molar-refractivity contribution in [2.75, 3.05) is 30.6 Å². The number of fused-ring (bicyclic) bond motifs is 1. The highest BCUT2D eigenvalue weighted by Gasteiger charge is 2.17. The molecule has 0 saturated carbocycles. The number of anilines is 2. The lowest BCUT2D eigenvalue weighted by Gasteiger charge is -2.16. The van der Waals surface area contributed by atoms with Gasteiger partial charge in [-0.15, -0.1) is 0 Å². The van der Waals surface area contributed by atoms with Crippen molar-refractivity contribution in [3.8, 4) is 11.5 Å². The molecule has 0 bridgehead atoms. The number of ether oxygens (including phenoxy) is 2. The number of aryl methyl sites for hydroxylation is 1. The SMILES string of the molecule is COc1cc(NC(=O)c2ccccc2)c(OC)cc1NC(=O)CSc1ncnc2c1cnn2C. The monoisotopic (exact) mass is 478 g/mol. The minimum absolute atomic E-state index is 0.110. The van der Waals surface area contributed by atoms with Crippen molar-refractivity contribution in [2.45, 2.75) is 5.03 Å². The standard InChI is InChI=1S/C23H22N6O4S/c1-29-21-15(11-26-29)23(25-13-24-21)34-12-20(30)27-16-9-19(33-3)17(10-18(16)32-2)28-22(31)14-7-5-4-6-8-14/h4-11,13H,12H2,1-3H3,(H,27,30)(H,28,31). The van der Waals surface area contributed by atoms with Crippen LogP contribution < -0.4 is 20.1 Å². The molecule has 2 aromatic heterocycles. The Morgan fingerprint density at radius 3 is 2.35 bits per heavy atom. The molecule has 0 aliphatic rings. The second-order valence-corrected chi connectivity index (χ2v) is 8.06. The number of hydrogen-bond acceptors (Lipinski definition) is 8. The third-order valence-corrected chi connectivity index (χ3v) is 5.92.